The largest absolute Gasteiger partial charge is 0.343 e. The molecule has 1 aromatic carbocycles. The summed E-state index contributed by atoms with van der Waals surface area (Å²) < 4.78 is 15.5. The lowest BCUT2D eigenvalue weighted by atomic mass is 10.2. The monoisotopic (exact) mass is 286 g/mol. The van der Waals surface area contributed by atoms with Crippen LogP contribution in [0.2, 0.25) is 0 Å². The van der Waals surface area contributed by atoms with Gasteiger partial charge in [0.25, 0.3) is 0 Å². The van der Waals surface area contributed by atoms with E-state index in [1.807, 2.05) is 11.4 Å². The molecular weight excluding hydrogens is 271 g/mol. The molecule has 2 nitrogen and oxygen atoms in total. The first kappa shape index (κ1) is 13.1. The lowest BCUT2D eigenvalue weighted by Gasteiger charge is -2.06. The SMILES string of the molecule is Cc1ccc(C)n1Cc1csc(-c2cccc(F)c2)n1. The zero-order chi connectivity index (χ0) is 14.1. The first-order valence-electron chi connectivity index (χ1n) is 6.46. The van der Waals surface area contributed by atoms with Gasteiger partial charge in [0.2, 0.25) is 0 Å². The minimum Gasteiger partial charge on any atom is -0.343 e. The molecule has 3 rings (SSSR count). The number of nitrogens with zero attached hydrogens (tertiary/aromatic N) is 2. The minimum atomic E-state index is -0.226. The average molecular weight is 286 g/mol. The third-order valence-corrected chi connectivity index (χ3v) is 4.30. The van der Waals surface area contributed by atoms with Gasteiger partial charge in [-0.3, -0.25) is 0 Å². The number of hydrogen-bond donors (Lipinski definition) is 0. The predicted octanol–water partition coefficient (Wildman–Crippen LogP) is 4.42. The molecule has 0 amide bonds. The predicted molar refractivity (Wildman–Crippen MR) is 80.5 cm³/mol. The van der Waals surface area contributed by atoms with E-state index in [0.29, 0.717) is 0 Å². The van der Waals surface area contributed by atoms with Gasteiger partial charge in [-0.25, -0.2) is 9.37 Å². The van der Waals surface area contributed by atoms with Crippen LogP contribution in [0, 0.1) is 19.7 Å². The van der Waals surface area contributed by atoms with E-state index in [1.165, 1.54) is 23.5 Å². The molecule has 0 spiro atoms. The van der Waals surface area contributed by atoms with Crippen molar-refractivity contribution in [1.29, 1.82) is 0 Å². The van der Waals surface area contributed by atoms with E-state index in [1.54, 1.807) is 17.4 Å². The van der Waals surface area contributed by atoms with Crippen molar-refractivity contribution >= 4 is 11.3 Å². The molecule has 0 radical (unpaired) electrons. The molecule has 0 N–H and O–H groups in total. The molecule has 0 unspecified atom stereocenters. The van der Waals surface area contributed by atoms with Crippen LogP contribution in [0.1, 0.15) is 17.1 Å². The number of thiazole rings is 1. The fourth-order valence-corrected chi connectivity index (χ4v) is 3.05. The molecule has 0 bridgehead atoms. The van der Waals surface area contributed by atoms with Crippen LogP contribution in [0.15, 0.2) is 41.8 Å². The smallest absolute Gasteiger partial charge is 0.123 e. The highest BCUT2D eigenvalue weighted by Gasteiger charge is 2.08. The normalized spacial score (nSPS) is 10.9. The van der Waals surface area contributed by atoms with Gasteiger partial charge in [-0.15, -0.1) is 11.3 Å². The van der Waals surface area contributed by atoms with Gasteiger partial charge in [0.15, 0.2) is 0 Å². The Morgan fingerprint density at radius 2 is 1.90 bits per heavy atom. The molecule has 0 aliphatic rings. The second-order valence-electron chi connectivity index (χ2n) is 4.86. The van der Waals surface area contributed by atoms with E-state index >= 15 is 0 Å². The molecule has 0 atom stereocenters. The van der Waals surface area contributed by atoms with E-state index in [4.69, 9.17) is 0 Å². The van der Waals surface area contributed by atoms with Crippen LogP contribution in [-0.4, -0.2) is 9.55 Å². The maximum atomic E-state index is 13.2. The summed E-state index contributed by atoms with van der Waals surface area (Å²) >= 11 is 1.55. The van der Waals surface area contributed by atoms with Gasteiger partial charge in [-0.05, 0) is 38.1 Å². The summed E-state index contributed by atoms with van der Waals surface area (Å²) in [6, 6.07) is 10.8. The zero-order valence-electron chi connectivity index (χ0n) is 11.4. The third kappa shape index (κ3) is 2.51. The van der Waals surface area contributed by atoms with Crippen molar-refractivity contribution in [2.75, 3.05) is 0 Å². The van der Waals surface area contributed by atoms with Crippen molar-refractivity contribution < 1.29 is 4.39 Å². The van der Waals surface area contributed by atoms with Crippen molar-refractivity contribution in [2.24, 2.45) is 0 Å². The first-order chi connectivity index (χ1) is 9.63. The van der Waals surface area contributed by atoms with E-state index in [0.717, 1.165) is 22.8 Å². The molecule has 0 saturated heterocycles. The van der Waals surface area contributed by atoms with Crippen LogP contribution in [0.5, 0.6) is 0 Å². The van der Waals surface area contributed by atoms with E-state index in [9.17, 15) is 4.39 Å². The lowest BCUT2D eigenvalue weighted by Crippen LogP contribution is -2.03. The van der Waals surface area contributed by atoms with Gasteiger partial charge in [0, 0.05) is 22.3 Å². The Balaban J connectivity index is 1.88. The summed E-state index contributed by atoms with van der Waals surface area (Å²) in [5, 5.41) is 2.90. The van der Waals surface area contributed by atoms with Crippen molar-refractivity contribution in [2.45, 2.75) is 20.4 Å². The topological polar surface area (TPSA) is 17.8 Å². The molecule has 0 fully saturated rings. The van der Waals surface area contributed by atoms with Crippen LogP contribution in [0.4, 0.5) is 4.39 Å². The Hall–Kier alpha value is -1.94. The summed E-state index contributed by atoms with van der Waals surface area (Å²) in [7, 11) is 0. The van der Waals surface area contributed by atoms with E-state index in [-0.39, 0.29) is 5.82 Å². The Bertz CT molecular complexity index is 723. The molecule has 0 saturated carbocycles. The molecule has 2 aromatic heterocycles. The molecular formula is C16H15FN2S. The van der Waals surface area contributed by atoms with Crippen LogP contribution in [0.25, 0.3) is 10.6 Å². The number of benzene rings is 1. The van der Waals surface area contributed by atoms with Crippen LogP contribution in [-0.2, 0) is 6.54 Å². The first-order valence-corrected chi connectivity index (χ1v) is 7.34. The Labute approximate surface area is 121 Å². The van der Waals surface area contributed by atoms with Gasteiger partial charge < -0.3 is 4.57 Å². The van der Waals surface area contributed by atoms with Crippen molar-refractivity contribution in [3.05, 3.63) is 64.7 Å². The molecule has 4 heteroatoms. The number of aromatic nitrogens is 2. The van der Waals surface area contributed by atoms with Crippen LogP contribution >= 0.6 is 11.3 Å². The zero-order valence-corrected chi connectivity index (χ0v) is 12.2. The molecule has 0 aliphatic carbocycles. The quantitative estimate of drug-likeness (QED) is 0.697. The van der Waals surface area contributed by atoms with Crippen molar-refractivity contribution in [3.63, 3.8) is 0 Å². The molecule has 20 heavy (non-hydrogen) atoms. The van der Waals surface area contributed by atoms with Crippen molar-refractivity contribution in [3.8, 4) is 10.6 Å². The van der Waals surface area contributed by atoms with Gasteiger partial charge >= 0.3 is 0 Å². The number of aryl methyl sites for hydroxylation is 2. The second-order valence-corrected chi connectivity index (χ2v) is 5.71. The summed E-state index contributed by atoms with van der Waals surface area (Å²) in [5.41, 5.74) is 4.30. The van der Waals surface area contributed by atoms with Crippen LogP contribution in [0.3, 0.4) is 0 Å². The highest BCUT2D eigenvalue weighted by Crippen LogP contribution is 2.25. The van der Waals surface area contributed by atoms with Gasteiger partial charge in [0.1, 0.15) is 10.8 Å². The summed E-state index contributed by atoms with van der Waals surface area (Å²) in [6.07, 6.45) is 0. The summed E-state index contributed by atoms with van der Waals surface area (Å²) in [6.45, 7) is 4.94. The average Bonchev–Trinajstić information content (AvgIpc) is 3.01. The molecule has 3 aromatic rings. The Kier molecular flexibility index (Phi) is 3.40. The third-order valence-electron chi connectivity index (χ3n) is 3.36. The number of halogens is 1. The molecule has 0 aliphatic heterocycles. The summed E-state index contributed by atoms with van der Waals surface area (Å²) in [5.74, 6) is -0.226. The second kappa shape index (κ2) is 5.21. The van der Waals surface area contributed by atoms with E-state index < -0.39 is 0 Å². The van der Waals surface area contributed by atoms with Gasteiger partial charge in [-0.1, -0.05) is 12.1 Å². The fourth-order valence-electron chi connectivity index (χ4n) is 2.24. The highest BCUT2D eigenvalue weighted by atomic mass is 32.1. The number of hydrogen-bond acceptors (Lipinski definition) is 2. The van der Waals surface area contributed by atoms with Gasteiger partial charge in [-0.2, -0.15) is 0 Å². The maximum absolute atomic E-state index is 13.2. The lowest BCUT2D eigenvalue weighted by molar-refractivity contribution is 0.628. The standard InChI is InChI=1S/C16H15FN2S/c1-11-6-7-12(2)19(11)9-15-10-20-16(18-15)13-4-3-5-14(17)8-13/h3-8,10H,9H2,1-2H3. The maximum Gasteiger partial charge on any atom is 0.123 e. The molecule has 2 heterocycles. The van der Waals surface area contributed by atoms with Gasteiger partial charge in [0.05, 0.1) is 12.2 Å². The Morgan fingerprint density at radius 1 is 1.15 bits per heavy atom. The van der Waals surface area contributed by atoms with E-state index in [2.05, 4.69) is 35.5 Å². The minimum absolute atomic E-state index is 0.226. The van der Waals surface area contributed by atoms with Crippen LogP contribution < -0.4 is 0 Å². The fraction of sp³-hybridized carbons (Fsp3) is 0.188. The molecule has 102 valence electrons. The summed E-state index contributed by atoms with van der Waals surface area (Å²) in [4.78, 5) is 4.61. The van der Waals surface area contributed by atoms with Crippen molar-refractivity contribution in [1.82, 2.24) is 9.55 Å². The number of rotatable bonds is 3. The highest BCUT2D eigenvalue weighted by molar-refractivity contribution is 7.13. The Morgan fingerprint density at radius 3 is 2.60 bits per heavy atom.